The molecule has 0 saturated carbocycles. The highest BCUT2D eigenvalue weighted by Crippen LogP contribution is 2.32. The average molecular weight is 288 g/mol. The van der Waals surface area contributed by atoms with E-state index in [0.29, 0.717) is 26.6 Å². The van der Waals surface area contributed by atoms with E-state index in [9.17, 15) is 4.39 Å². The van der Waals surface area contributed by atoms with E-state index in [1.165, 1.54) is 36.5 Å². The average Bonchev–Trinajstić information content (AvgIpc) is 2.90. The van der Waals surface area contributed by atoms with Gasteiger partial charge in [-0.25, -0.2) is 19.3 Å². The molecule has 0 aliphatic rings. The summed E-state index contributed by atoms with van der Waals surface area (Å²) in [4.78, 5) is 15.8. The van der Waals surface area contributed by atoms with E-state index in [1.807, 2.05) is 0 Å². The lowest BCUT2D eigenvalue weighted by atomic mass is 10.2. The lowest BCUT2D eigenvalue weighted by Gasteiger charge is -2.07. The van der Waals surface area contributed by atoms with E-state index in [0.717, 1.165) is 0 Å². The number of amidine groups is 1. The Hall–Kier alpha value is -2.48. The van der Waals surface area contributed by atoms with E-state index in [-0.39, 0.29) is 5.84 Å². The van der Waals surface area contributed by atoms with Crippen molar-refractivity contribution in [2.75, 3.05) is 0 Å². The predicted octanol–water partition coefficient (Wildman–Crippen LogP) is 1.93. The Morgan fingerprint density at radius 1 is 1.30 bits per heavy atom. The highest BCUT2D eigenvalue weighted by molar-refractivity contribution is 7.99. The Labute approximate surface area is 117 Å². The van der Waals surface area contributed by atoms with Crippen molar-refractivity contribution in [3.63, 3.8) is 0 Å². The van der Waals surface area contributed by atoms with Gasteiger partial charge < -0.3 is 10.7 Å². The first-order chi connectivity index (χ1) is 9.65. The molecule has 2 aromatic heterocycles. The molecular weight excluding hydrogens is 279 g/mol. The number of aromatic amines is 1. The van der Waals surface area contributed by atoms with Crippen LogP contribution in [0.25, 0.3) is 11.2 Å². The summed E-state index contributed by atoms with van der Waals surface area (Å²) in [5.74, 6) is -0.629. The molecule has 0 atom stereocenters. The standard InChI is InChI=1S/C12H9FN6S/c13-6-1-2-8(7(3-6)10(14)15)20-12-9-11(17-4-16-9)18-5-19-12/h1-5H,(H3,14,15)(H,16,17,18,19). The van der Waals surface area contributed by atoms with Gasteiger partial charge in [0.1, 0.15) is 28.5 Å². The van der Waals surface area contributed by atoms with Crippen molar-refractivity contribution in [2.45, 2.75) is 9.92 Å². The molecule has 3 rings (SSSR count). The van der Waals surface area contributed by atoms with Crippen LogP contribution in [-0.4, -0.2) is 25.8 Å². The van der Waals surface area contributed by atoms with Crippen molar-refractivity contribution in [3.8, 4) is 0 Å². The van der Waals surface area contributed by atoms with Crippen LogP contribution in [0, 0.1) is 11.2 Å². The van der Waals surface area contributed by atoms with Crippen molar-refractivity contribution >= 4 is 28.8 Å². The Morgan fingerprint density at radius 3 is 2.95 bits per heavy atom. The number of benzene rings is 1. The number of nitrogen functional groups attached to an aromatic ring is 1. The molecule has 0 fully saturated rings. The van der Waals surface area contributed by atoms with Crippen LogP contribution in [0.2, 0.25) is 0 Å². The number of nitrogens with two attached hydrogens (primary N) is 1. The first-order valence-electron chi connectivity index (χ1n) is 5.61. The van der Waals surface area contributed by atoms with Gasteiger partial charge in [0.2, 0.25) is 0 Å². The number of hydrogen-bond acceptors (Lipinski definition) is 5. The normalized spacial score (nSPS) is 10.8. The summed E-state index contributed by atoms with van der Waals surface area (Å²) in [6.45, 7) is 0. The molecule has 0 bridgehead atoms. The second-order valence-corrected chi connectivity index (χ2v) is 4.97. The number of H-pyrrole nitrogens is 1. The Morgan fingerprint density at radius 2 is 2.15 bits per heavy atom. The maximum absolute atomic E-state index is 13.2. The highest BCUT2D eigenvalue weighted by atomic mass is 32.2. The summed E-state index contributed by atoms with van der Waals surface area (Å²) in [6.07, 6.45) is 2.93. The lowest BCUT2D eigenvalue weighted by Crippen LogP contribution is -2.12. The van der Waals surface area contributed by atoms with E-state index in [1.54, 1.807) is 6.07 Å². The smallest absolute Gasteiger partial charge is 0.181 e. The van der Waals surface area contributed by atoms with Gasteiger partial charge in [0, 0.05) is 10.5 Å². The van der Waals surface area contributed by atoms with Gasteiger partial charge in [-0.15, -0.1) is 0 Å². The molecule has 0 aliphatic carbocycles. The third kappa shape index (κ3) is 2.21. The molecule has 0 aliphatic heterocycles. The molecule has 20 heavy (non-hydrogen) atoms. The third-order valence-electron chi connectivity index (χ3n) is 2.63. The molecule has 8 heteroatoms. The summed E-state index contributed by atoms with van der Waals surface area (Å²) in [7, 11) is 0. The zero-order valence-electron chi connectivity index (χ0n) is 10.1. The van der Waals surface area contributed by atoms with Gasteiger partial charge in [-0.3, -0.25) is 5.41 Å². The molecule has 0 radical (unpaired) electrons. The Balaban J connectivity index is 2.07. The number of nitrogens with zero attached hydrogens (tertiary/aromatic N) is 3. The van der Waals surface area contributed by atoms with E-state index < -0.39 is 5.82 Å². The zero-order chi connectivity index (χ0) is 14.1. The van der Waals surface area contributed by atoms with Gasteiger partial charge in [0.05, 0.1) is 6.33 Å². The summed E-state index contributed by atoms with van der Waals surface area (Å²) in [5.41, 5.74) is 7.06. The van der Waals surface area contributed by atoms with Gasteiger partial charge in [0.15, 0.2) is 5.65 Å². The number of nitrogens with one attached hydrogen (secondary N) is 2. The molecule has 0 amide bonds. The fourth-order valence-corrected chi connectivity index (χ4v) is 2.70. The summed E-state index contributed by atoms with van der Waals surface area (Å²) >= 11 is 1.28. The van der Waals surface area contributed by atoms with Crippen LogP contribution in [0.15, 0.2) is 40.8 Å². The van der Waals surface area contributed by atoms with Crippen molar-refractivity contribution in [3.05, 3.63) is 42.2 Å². The fourth-order valence-electron chi connectivity index (χ4n) is 1.73. The second kappa shape index (κ2) is 4.89. The molecular formula is C12H9FN6S. The number of imidazole rings is 1. The van der Waals surface area contributed by atoms with Crippen LogP contribution in [0.1, 0.15) is 5.56 Å². The summed E-state index contributed by atoms with van der Waals surface area (Å²) in [5, 5.41) is 8.16. The van der Waals surface area contributed by atoms with Crippen LogP contribution >= 0.6 is 11.8 Å². The first-order valence-corrected chi connectivity index (χ1v) is 6.42. The van der Waals surface area contributed by atoms with Crippen LogP contribution < -0.4 is 5.73 Å². The SMILES string of the molecule is N=C(N)c1cc(F)ccc1Sc1ncnc2nc[nH]c12. The second-order valence-electron chi connectivity index (χ2n) is 3.94. The predicted molar refractivity (Wildman–Crippen MR) is 73.2 cm³/mol. The Kier molecular flexibility index (Phi) is 3.07. The molecule has 100 valence electrons. The number of rotatable bonds is 3. The monoisotopic (exact) mass is 288 g/mol. The van der Waals surface area contributed by atoms with Gasteiger partial charge in [0.25, 0.3) is 0 Å². The van der Waals surface area contributed by atoms with Gasteiger partial charge >= 0.3 is 0 Å². The van der Waals surface area contributed by atoms with E-state index in [4.69, 9.17) is 11.1 Å². The van der Waals surface area contributed by atoms with Crippen molar-refractivity contribution in [1.82, 2.24) is 19.9 Å². The van der Waals surface area contributed by atoms with Gasteiger partial charge in [-0.1, -0.05) is 11.8 Å². The summed E-state index contributed by atoms with van der Waals surface area (Å²) in [6, 6.07) is 4.12. The molecule has 6 nitrogen and oxygen atoms in total. The van der Waals surface area contributed by atoms with E-state index in [2.05, 4.69) is 19.9 Å². The summed E-state index contributed by atoms with van der Waals surface area (Å²) < 4.78 is 13.2. The highest BCUT2D eigenvalue weighted by Gasteiger charge is 2.12. The molecule has 3 aromatic rings. The molecule has 0 spiro atoms. The number of fused-ring (bicyclic) bond motifs is 1. The van der Waals surface area contributed by atoms with Crippen molar-refractivity contribution in [1.29, 1.82) is 5.41 Å². The fraction of sp³-hybridized carbons (Fsp3) is 0. The molecule has 1 aromatic carbocycles. The largest absolute Gasteiger partial charge is 0.384 e. The molecule has 0 saturated heterocycles. The van der Waals surface area contributed by atoms with Crippen LogP contribution in [0.4, 0.5) is 4.39 Å². The van der Waals surface area contributed by atoms with Gasteiger partial charge in [-0.05, 0) is 18.2 Å². The number of hydrogen-bond donors (Lipinski definition) is 3. The molecule has 4 N–H and O–H groups in total. The topological polar surface area (TPSA) is 104 Å². The number of halogens is 1. The van der Waals surface area contributed by atoms with Crippen LogP contribution in [-0.2, 0) is 0 Å². The maximum Gasteiger partial charge on any atom is 0.181 e. The minimum Gasteiger partial charge on any atom is -0.384 e. The van der Waals surface area contributed by atoms with Crippen LogP contribution in [0.5, 0.6) is 0 Å². The number of aromatic nitrogens is 4. The molecule has 0 unspecified atom stereocenters. The molecule has 2 heterocycles. The van der Waals surface area contributed by atoms with E-state index >= 15 is 0 Å². The lowest BCUT2D eigenvalue weighted by molar-refractivity contribution is 0.626. The van der Waals surface area contributed by atoms with Crippen molar-refractivity contribution in [2.24, 2.45) is 5.73 Å². The Bertz CT molecular complexity index is 799. The van der Waals surface area contributed by atoms with Crippen molar-refractivity contribution < 1.29 is 4.39 Å². The van der Waals surface area contributed by atoms with Gasteiger partial charge in [-0.2, -0.15) is 0 Å². The maximum atomic E-state index is 13.2. The minimum atomic E-state index is -0.436. The third-order valence-corrected chi connectivity index (χ3v) is 3.71. The quantitative estimate of drug-likeness (QED) is 0.388. The zero-order valence-corrected chi connectivity index (χ0v) is 10.9. The minimum absolute atomic E-state index is 0.193. The first kappa shape index (κ1) is 12.5. The van der Waals surface area contributed by atoms with Crippen LogP contribution in [0.3, 0.4) is 0 Å².